The fourth-order valence-corrected chi connectivity index (χ4v) is 5.18. The van der Waals surface area contributed by atoms with E-state index in [1.165, 1.54) is 64.6 Å². The molecule has 4 rings (SSSR count). The maximum Gasteiger partial charge on any atom is 0.108 e. The van der Waals surface area contributed by atoms with E-state index in [4.69, 9.17) is 0 Å². The Bertz CT molecular complexity index is 965. The standard InChI is InChI=1S/C24H26N2S/c1-15-10-17(3)21(11-16(15)2)13-22-23(14-25)27-24(26-22)20-9-8-18-6-4-5-7-19(18)12-20/h8-12,24,26H,4-7,13H2,1-3H3. The van der Waals surface area contributed by atoms with Gasteiger partial charge >= 0.3 is 0 Å². The van der Waals surface area contributed by atoms with E-state index in [0.717, 1.165) is 17.0 Å². The number of nitriles is 1. The summed E-state index contributed by atoms with van der Waals surface area (Å²) >= 11 is 1.66. The highest BCUT2D eigenvalue weighted by molar-refractivity contribution is 8.03. The van der Waals surface area contributed by atoms with Crippen LogP contribution in [0.5, 0.6) is 0 Å². The molecule has 3 heteroatoms. The largest absolute Gasteiger partial charge is 0.371 e. The molecule has 0 amide bonds. The molecule has 1 aliphatic heterocycles. The Morgan fingerprint density at radius 1 is 1.00 bits per heavy atom. The number of benzene rings is 2. The van der Waals surface area contributed by atoms with Crippen LogP contribution in [0.3, 0.4) is 0 Å². The van der Waals surface area contributed by atoms with Crippen molar-refractivity contribution < 1.29 is 0 Å². The molecule has 0 bridgehead atoms. The Labute approximate surface area is 166 Å². The van der Waals surface area contributed by atoms with Gasteiger partial charge in [0.25, 0.3) is 0 Å². The predicted molar refractivity (Wildman–Crippen MR) is 114 cm³/mol. The first-order chi connectivity index (χ1) is 13.0. The minimum Gasteiger partial charge on any atom is -0.371 e. The molecule has 138 valence electrons. The van der Waals surface area contributed by atoms with Crippen molar-refractivity contribution in [2.45, 2.75) is 58.2 Å². The van der Waals surface area contributed by atoms with Crippen LogP contribution < -0.4 is 5.32 Å². The van der Waals surface area contributed by atoms with Gasteiger partial charge in [-0.1, -0.05) is 42.1 Å². The number of hydrogen-bond donors (Lipinski definition) is 1. The molecule has 1 N–H and O–H groups in total. The number of nitrogens with zero attached hydrogens (tertiary/aromatic N) is 1. The maximum atomic E-state index is 9.67. The molecule has 27 heavy (non-hydrogen) atoms. The summed E-state index contributed by atoms with van der Waals surface area (Å²) in [6, 6.07) is 13.8. The Kier molecular flexibility index (Phi) is 5.02. The van der Waals surface area contributed by atoms with Gasteiger partial charge in [0.05, 0.1) is 0 Å². The Morgan fingerprint density at radius 2 is 1.74 bits per heavy atom. The molecule has 2 aromatic carbocycles. The van der Waals surface area contributed by atoms with Gasteiger partial charge in [-0.15, -0.1) is 0 Å². The molecule has 2 nitrogen and oxygen atoms in total. The third kappa shape index (κ3) is 3.64. The highest BCUT2D eigenvalue weighted by Gasteiger charge is 2.27. The topological polar surface area (TPSA) is 35.8 Å². The summed E-state index contributed by atoms with van der Waals surface area (Å²) < 4.78 is 0. The molecule has 0 saturated heterocycles. The van der Waals surface area contributed by atoms with E-state index < -0.39 is 0 Å². The Morgan fingerprint density at radius 3 is 2.52 bits per heavy atom. The average molecular weight is 375 g/mol. The molecule has 2 aliphatic rings. The first-order valence-electron chi connectivity index (χ1n) is 9.80. The van der Waals surface area contributed by atoms with Crippen LogP contribution in [0, 0.1) is 32.1 Å². The monoisotopic (exact) mass is 374 g/mol. The maximum absolute atomic E-state index is 9.67. The van der Waals surface area contributed by atoms with Crippen molar-refractivity contribution in [2.75, 3.05) is 0 Å². The fraction of sp³-hybridized carbons (Fsp3) is 0.375. The quantitative estimate of drug-likeness (QED) is 0.737. The molecule has 1 unspecified atom stereocenters. The summed E-state index contributed by atoms with van der Waals surface area (Å²) in [5.74, 6) is 0. The van der Waals surface area contributed by atoms with Crippen LogP contribution in [0.25, 0.3) is 0 Å². The number of nitrogens with one attached hydrogen (secondary N) is 1. The number of aryl methyl sites for hydroxylation is 5. The Hall–Kier alpha value is -2.18. The van der Waals surface area contributed by atoms with Crippen molar-refractivity contribution in [3.05, 3.63) is 79.9 Å². The van der Waals surface area contributed by atoms with Crippen LogP contribution in [0.1, 0.15) is 57.2 Å². The van der Waals surface area contributed by atoms with E-state index in [2.05, 4.69) is 62.5 Å². The van der Waals surface area contributed by atoms with Crippen molar-refractivity contribution in [2.24, 2.45) is 0 Å². The predicted octanol–water partition coefficient (Wildman–Crippen LogP) is 5.80. The first-order valence-corrected chi connectivity index (χ1v) is 10.7. The van der Waals surface area contributed by atoms with Crippen LogP contribution in [-0.2, 0) is 19.3 Å². The second-order valence-electron chi connectivity index (χ2n) is 7.84. The zero-order valence-corrected chi connectivity index (χ0v) is 17.2. The van der Waals surface area contributed by atoms with E-state index in [0.29, 0.717) is 0 Å². The van der Waals surface area contributed by atoms with Gasteiger partial charge in [0.1, 0.15) is 16.3 Å². The number of hydrogen-bond acceptors (Lipinski definition) is 3. The van der Waals surface area contributed by atoms with Crippen LogP contribution >= 0.6 is 11.8 Å². The van der Waals surface area contributed by atoms with E-state index in [1.807, 2.05) is 0 Å². The van der Waals surface area contributed by atoms with Crippen molar-refractivity contribution in [1.29, 1.82) is 5.26 Å². The molecular weight excluding hydrogens is 348 g/mol. The molecule has 0 fully saturated rings. The van der Waals surface area contributed by atoms with Gasteiger partial charge in [-0.05, 0) is 85.4 Å². The zero-order valence-electron chi connectivity index (χ0n) is 16.4. The van der Waals surface area contributed by atoms with Gasteiger partial charge in [-0.25, -0.2) is 0 Å². The molecule has 1 heterocycles. The number of allylic oxidation sites excluding steroid dienone is 2. The molecule has 1 atom stereocenters. The van der Waals surface area contributed by atoms with Crippen molar-refractivity contribution in [1.82, 2.24) is 5.32 Å². The second-order valence-corrected chi connectivity index (χ2v) is 8.95. The summed E-state index contributed by atoms with van der Waals surface area (Å²) in [6.45, 7) is 6.48. The molecular formula is C24H26N2S. The first kappa shape index (κ1) is 18.2. The third-order valence-electron chi connectivity index (χ3n) is 5.91. The van der Waals surface area contributed by atoms with Crippen LogP contribution in [0.15, 0.2) is 40.9 Å². The van der Waals surface area contributed by atoms with Crippen LogP contribution in [0.2, 0.25) is 0 Å². The van der Waals surface area contributed by atoms with Crippen molar-refractivity contribution in [3.8, 4) is 6.07 Å². The van der Waals surface area contributed by atoms with E-state index in [9.17, 15) is 5.26 Å². The lowest BCUT2D eigenvalue weighted by Crippen LogP contribution is -2.16. The average Bonchev–Trinajstić information content (AvgIpc) is 3.08. The second kappa shape index (κ2) is 7.44. The summed E-state index contributed by atoms with van der Waals surface area (Å²) in [5, 5.41) is 13.5. The van der Waals surface area contributed by atoms with Crippen LogP contribution in [-0.4, -0.2) is 0 Å². The van der Waals surface area contributed by atoms with Gasteiger partial charge in [0, 0.05) is 12.1 Å². The smallest absolute Gasteiger partial charge is 0.108 e. The van der Waals surface area contributed by atoms with E-state index in [-0.39, 0.29) is 5.37 Å². The van der Waals surface area contributed by atoms with Gasteiger partial charge in [-0.2, -0.15) is 5.26 Å². The number of rotatable bonds is 3. The Balaban J connectivity index is 1.57. The summed E-state index contributed by atoms with van der Waals surface area (Å²) in [5.41, 5.74) is 10.6. The normalized spacial score (nSPS) is 18.8. The fourth-order valence-electron chi connectivity index (χ4n) is 4.14. The van der Waals surface area contributed by atoms with Crippen molar-refractivity contribution in [3.63, 3.8) is 0 Å². The minimum absolute atomic E-state index is 0.147. The molecule has 0 saturated carbocycles. The summed E-state index contributed by atoms with van der Waals surface area (Å²) in [4.78, 5) is 0.829. The van der Waals surface area contributed by atoms with Gasteiger partial charge in [-0.3, -0.25) is 0 Å². The molecule has 1 aliphatic carbocycles. The number of thioether (sulfide) groups is 1. The zero-order chi connectivity index (χ0) is 19.0. The van der Waals surface area contributed by atoms with Crippen molar-refractivity contribution >= 4 is 11.8 Å². The highest BCUT2D eigenvalue weighted by atomic mass is 32.2. The summed E-state index contributed by atoms with van der Waals surface area (Å²) in [6.07, 6.45) is 5.79. The lowest BCUT2D eigenvalue weighted by molar-refractivity contribution is 0.682. The molecule has 0 aromatic heterocycles. The van der Waals surface area contributed by atoms with Gasteiger partial charge in [0.15, 0.2) is 0 Å². The lowest BCUT2D eigenvalue weighted by Gasteiger charge is -2.19. The van der Waals surface area contributed by atoms with E-state index in [1.54, 1.807) is 11.8 Å². The van der Waals surface area contributed by atoms with Crippen LogP contribution in [0.4, 0.5) is 0 Å². The summed E-state index contributed by atoms with van der Waals surface area (Å²) in [7, 11) is 0. The molecule has 2 aromatic rings. The minimum atomic E-state index is 0.147. The van der Waals surface area contributed by atoms with Gasteiger partial charge < -0.3 is 5.32 Å². The lowest BCUT2D eigenvalue weighted by atomic mass is 9.90. The van der Waals surface area contributed by atoms with Gasteiger partial charge in [0.2, 0.25) is 0 Å². The highest BCUT2D eigenvalue weighted by Crippen LogP contribution is 2.42. The molecule has 0 spiro atoms. The molecule has 0 radical (unpaired) electrons. The SMILES string of the molecule is Cc1cc(C)c(CC2=C(C#N)SC(c3ccc4c(c3)CCCC4)N2)cc1C. The third-order valence-corrected chi connectivity index (χ3v) is 7.11. The number of fused-ring (bicyclic) bond motifs is 1. The van der Waals surface area contributed by atoms with E-state index >= 15 is 0 Å².